The van der Waals surface area contributed by atoms with Crippen LogP contribution in [0.5, 0.6) is 5.75 Å². The van der Waals surface area contributed by atoms with Crippen molar-refractivity contribution < 1.29 is 9.15 Å². The third-order valence-corrected chi connectivity index (χ3v) is 6.22. The number of aromatic nitrogens is 3. The number of rotatable bonds is 5. The molecule has 0 aliphatic rings. The largest absolute Gasteiger partial charge is 0.497 e. The fourth-order valence-electron chi connectivity index (χ4n) is 3.32. The summed E-state index contributed by atoms with van der Waals surface area (Å²) in [7, 11) is 1.59. The molecule has 0 N–H and O–H groups in total. The zero-order valence-electron chi connectivity index (χ0n) is 17.3. The van der Waals surface area contributed by atoms with Gasteiger partial charge in [-0.3, -0.25) is 9.59 Å². The van der Waals surface area contributed by atoms with E-state index in [-0.39, 0.29) is 22.6 Å². The Bertz CT molecular complexity index is 1620. The topological polar surface area (TPSA) is 86.7 Å². The first-order valence-corrected chi connectivity index (χ1v) is 11.1. The minimum Gasteiger partial charge on any atom is -0.497 e. The molecule has 7 nitrogen and oxygen atoms in total. The molecule has 0 saturated carbocycles. The van der Waals surface area contributed by atoms with Crippen molar-refractivity contribution in [3.05, 3.63) is 108 Å². The van der Waals surface area contributed by atoms with Crippen LogP contribution >= 0.6 is 22.9 Å². The predicted molar refractivity (Wildman–Crippen MR) is 127 cm³/mol. The van der Waals surface area contributed by atoms with Crippen molar-refractivity contribution in [1.29, 1.82) is 0 Å². The van der Waals surface area contributed by atoms with Crippen LogP contribution < -0.4 is 20.4 Å². The fraction of sp³-hybridized carbons (Fsp3) is 0.0833. The smallest absolute Gasteiger partial charge is 0.296 e. The van der Waals surface area contributed by atoms with Crippen molar-refractivity contribution in [3.63, 3.8) is 0 Å². The van der Waals surface area contributed by atoms with Gasteiger partial charge in [0.1, 0.15) is 27.5 Å². The van der Waals surface area contributed by atoms with Crippen LogP contribution in [0, 0.1) is 0 Å². The maximum atomic E-state index is 12.9. The highest BCUT2D eigenvalue weighted by molar-refractivity contribution is 7.15. The number of methoxy groups -OCH3 is 1. The summed E-state index contributed by atoms with van der Waals surface area (Å²) in [5.74, 6) is 1.87. The molecule has 0 spiro atoms. The maximum absolute atomic E-state index is 12.9. The van der Waals surface area contributed by atoms with E-state index in [1.807, 2.05) is 30.3 Å². The zero-order chi connectivity index (χ0) is 22.9. The molecule has 9 heteroatoms. The number of halogens is 1. The molecular formula is C24H16ClN3O4S. The first kappa shape index (κ1) is 21.1. The molecule has 0 amide bonds. The van der Waals surface area contributed by atoms with E-state index in [1.165, 1.54) is 4.52 Å². The summed E-state index contributed by atoms with van der Waals surface area (Å²) < 4.78 is 12.5. The van der Waals surface area contributed by atoms with E-state index in [9.17, 15) is 9.59 Å². The fourth-order valence-corrected chi connectivity index (χ4v) is 4.33. The van der Waals surface area contributed by atoms with Crippen molar-refractivity contribution in [2.75, 3.05) is 7.11 Å². The molecule has 0 aliphatic heterocycles. The molecule has 3 aromatic heterocycles. The van der Waals surface area contributed by atoms with Gasteiger partial charge in [-0.15, -0.1) is 0 Å². The second kappa shape index (κ2) is 8.65. The van der Waals surface area contributed by atoms with Crippen LogP contribution in [-0.2, 0) is 6.42 Å². The van der Waals surface area contributed by atoms with Crippen LogP contribution in [0.4, 0.5) is 0 Å². The number of ether oxygens (including phenoxy) is 1. The first-order valence-electron chi connectivity index (χ1n) is 9.93. The Kier molecular flexibility index (Phi) is 5.53. The third kappa shape index (κ3) is 4.30. The minimum atomic E-state index is -0.457. The molecule has 2 aromatic carbocycles. The lowest BCUT2D eigenvalue weighted by Crippen LogP contribution is -2.28. The average molecular weight is 478 g/mol. The number of hydrogen-bond donors (Lipinski definition) is 0. The molecule has 0 fully saturated rings. The molecule has 33 heavy (non-hydrogen) atoms. The summed E-state index contributed by atoms with van der Waals surface area (Å²) in [6, 6.07) is 18.1. The Morgan fingerprint density at radius 1 is 1.06 bits per heavy atom. The normalized spacial score (nSPS) is 11.9. The Morgan fingerprint density at radius 3 is 2.55 bits per heavy atom. The number of thiazole rings is 1. The van der Waals surface area contributed by atoms with Gasteiger partial charge in [0.2, 0.25) is 4.96 Å². The van der Waals surface area contributed by atoms with E-state index in [4.69, 9.17) is 20.8 Å². The zero-order valence-corrected chi connectivity index (χ0v) is 18.9. The monoisotopic (exact) mass is 477 g/mol. The molecule has 0 atom stereocenters. The first-order chi connectivity index (χ1) is 16.0. The van der Waals surface area contributed by atoms with E-state index in [1.54, 1.807) is 43.5 Å². The Morgan fingerprint density at radius 2 is 1.82 bits per heavy atom. The van der Waals surface area contributed by atoms with Gasteiger partial charge in [-0.05, 0) is 54.1 Å². The van der Waals surface area contributed by atoms with Crippen LogP contribution in [0.15, 0.2) is 74.7 Å². The second-order valence-electron chi connectivity index (χ2n) is 7.21. The molecule has 164 valence electrons. The highest BCUT2D eigenvalue weighted by atomic mass is 35.5. The van der Waals surface area contributed by atoms with E-state index in [0.29, 0.717) is 26.8 Å². The number of hydrogen-bond acceptors (Lipinski definition) is 7. The molecule has 0 bridgehead atoms. The van der Waals surface area contributed by atoms with Crippen molar-refractivity contribution in [3.8, 4) is 17.1 Å². The molecule has 0 aliphatic carbocycles. The van der Waals surface area contributed by atoms with Crippen molar-refractivity contribution in [2.45, 2.75) is 6.42 Å². The Balaban J connectivity index is 1.49. The number of nitrogens with zero attached hydrogens (tertiary/aromatic N) is 3. The summed E-state index contributed by atoms with van der Waals surface area (Å²) >= 11 is 7.02. The van der Waals surface area contributed by atoms with E-state index < -0.39 is 5.56 Å². The highest BCUT2D eigenvalue weighted by Gasteiger charge is 2.12. The van der Waals surface area contributed by atoms with Crippen LogP contribution in [0.2, 0.25) is 5.02 Å². The van der Waals surface area contributed by atoms with Crippen molar-refractivity contribution in [1.82, 2.24) is 14.6 Å². The molecule has 0 unspecified atom stereocenters. The Hall–Kier alpha value is -3.75. The molecule has 5 rings (SSSR count). The van der Waals surface area contributed by atoms with Gasteiger partial charge in [0.05, 0.1) is 7.11 Å². The number of furan rings is 1. The quantitative estimate of drug-likeness (QED) is 0.384. The lowest BCUT2D eigenvalue weighted by Gasteiger charge is -2.02. The van der Waals surface area contributed by atoms with Crippen LogP contribution in [0.25, 0.3) is 22.4 Å². The van der Waals surface area contributed by atoms with Gasteiger partial charge in [0, 0.05) is 23.1 Å². The SMILES string of the molecule is COc1ccc(Cc2nn3c(=O)/c(=C\c4ccc(-c5ccc(Cl)cc5)o4)sc3nc2=O)cc1. The molecule has 5 aromatic rings. The van der Waals surface area contributed by atoms with Gasteiger partial charge < -0.3 is 9.15 Å². The van der Waals surface area contributed by atoms with Crippen molar-refractivity contribution >= 4 is 34.0 Å². The summed E-state index contributed by atoms with van der Waals surface area (Å²) in [5, 5.41) is 4.92. The van der Waals surface area contributed by atoms with Gasteiger partial charge in [-0.2, -0.15) is 14.6 Å². The highest BCUT2D eigenvalue weighted by Crippen LogP contribution is 2.24. The summed E-state index contributed by atoms with van der Waals surface area (Å²) in [6.07, 6.45) is 1.88. The van der Waals surface area contributed by atoms with Gasteiger partial charge in [-0.25, -0.2) is 0 Å². The third-order valence-electron chi connectivity index (χ3n) is 5.01. The lowest BCUT2D eigenvalue weighted by molar-refractivity contribution is 0.414. The Labute approximate surface area is 196 Å². The molecular weight excluding hydrogens is 462 g/mol. The molecule has 0 saturated heterocycles. The summed E-state index contributed by atoms with van der Waals surface area (Å²) in [4.78, 5) is 29.7. The van der Waals surface area contributed by atoms with Gasteiger partial charge in [0.25, 0.3) is 11.1 Å². The van der Waals surface area contributed by atoms with E-state index in [0.717, 1.165) is 22.5 Å². The van der Waals surface area contributed by atoms with E-state index in [2.05, 4.69) is 10.1 Å². The minimum absolute atomic E-state index is 0.196. The molecule has 0 radical (unpaired) electrons. The van der Waals surface area contributed by atoms with Crippen molar-refractivity contribution in [2.24, 2.45) is 0 Å². The maximum Gasteiger partial charge on any atom is 0.296 e. The second-order valence-corrected chi connectivity index (χ2v) is 8.65. The lowest BCUT2D eigenvalue weighted by atomic mass is 10.1. The summed E-state index contributed by atoms with van der Waals surface area (Å²) in [6.45, 7) is 0. The van der Waals surface area contributed by atoms with Gasteiger partial charge >= 0.3 is 0 Å². The standard InChI is InChI=1S/C24H16ClN3O4S/c1-31-17-8-2-14(3-9-17)12-19-22(29)26-24-28(27-19)23(30)21(33-24)13-18-10-11-20(32-18)15-4-6-16(25)7-5-15/h2-11,13H,12H2,1H3/b21-13+. The number of fused-ring (bicyclic) bond motifs is 1. The van der Waals surface area contributed by atoms with Crippen LogP contribution in [0.1, 0.15) is 17.0 Å². The van der Waals surface area contributed by atoms with Crippen LogP contribution in [0.3, 0.4) is 0 Å². The number of benzene rings is 2. The van der Waals surface area contributed by atoms with Gasteiger partial charge in [-0.1, -0.05) is 35.1 Å². The van der Waals surface area contributed by atoms with E-state index >= 15 is 0 Å². The predicted octanol–water partition coefficient (Wildman–Crippen LogP) is 3.57. The summed E-state index contributed by atoms with van der Waals surface area (Å²) in [5.41, 5.74) is 1.11. The van der Waals surface area contributed by atoms with Gasteiger partial charge in [0.15, 0.2) is 0 Å². The molecule has 3 heterocycles. The van der Waals surface area contributed by atoms with Crippen LogP contribution in [-0.4, -0.2) is 21.7 Å². The average Bonchev–Trinajstić information content (AvgIpc) is 3.40.